The summed E-state index contributed by atoms with van der Waals surface area (Å²) in [5.41, 5.74) is 0.903. The van der Waals surface area contributed by atoms with Gasteiger partial charge >= 0.3 is 6.36 Å². The average molecular weight is 260 g/mol. The highest BCUT2D eigenvalue weighted by Crippen LogP contribution is 2.34. The van der Waals surface area contributed by atoms with Gasteiger partial charge < -0.3 is 9.47 Å². The zero-order chi connectivity index (χ0) is 13.2. The van der Waals surface area contributed by atoms with Gasteiger partial charge in [-0.2, -0.15) is 0 Å². The molecule has 0 aromatic heterocycles. The van der Waals surface area contributed by atoms with Gasteiger partial charge in [-0.25, -0.2) is 0 Å². The van der Waals surface area contributed by atoms with Crippen molar-refractivity contribution in [3.63, 3.8) is 0 Å². The normalized spacial score (nSPS) is 24.2. The van der Waals surface area contributed by atoms with E-state index in [-0.39, 0.29) is 18.0 Å². The predicted octanol–water partition coefficient (Wildman–Crippen LogP) is 4.22. The van der Waals surface area contributed by atoms with Crippen molar-refractivity contribution in [3.05, 3.63) is 29.8 Å². The first-order valence-corrected chi connectivity index (χ1v) is 5.99. The molecule has 1 saturated heterocycles. The molecule has 1 aromatic rings. The molecule has 2 nitrogen and oxygen atoms in total. The zero-order valence-electron chi connectivity index (χ0n) is 10.0. The maximum absolute atomic E-state index is 12.0. The third kappa shape index (κ3) is 3.38. The number of hydrogen-bond acceptors (Lipinski definition) is 2. The fourth-order valence-corrected chi connectivity index (χ4v) is 2.14. The second-order valence-corrected chi connectivity index (χ2v) is 4.35. The van der Waals surface area contributed by atoms with Crippen LogP contribution in [0.3, 0.4) is 0 Å². The smallest absolute Gasteiger partial charge is 0.406 e. The van der Waals surface area contributed by atoms with E-state index in [0.717, 1.165) is 24.8 Å². The predicted molar refractivity (Wildman–Crippen MR) is 60.3 cm³/mol. The largest absolute Gasteiger partial charge is 0.573 e. The molecule has 2 rings (SSSR count). The van der Waals surface area contributed by atoms with Gasteiger partial charge in [0.25, 0.3) is 0 Å². The van der Waals surface area contributed by atoms with Crippen molar-refractivity contribution in [1.82, 2.24) is 0 Å². The van der Waals surface area contributed by atoms with Crippen LogP contribution in [0.15, 0.2) is 24.3 Å². The second kappa shape index (κ2) is 5.18. The van der Waals surface area contributed by atoms with Crippen LogP contribution in [0.1, 0.15) is 37.9 Å². The zero-order valence-corrected chi connectivity index (χ0v) is 10.0. The van der Waals surface area contributed by atoms with Gasteiger partial charge in [-0.05, 0) is 37.0 Å². The summed E-state index contributed by atoms with van der Waals surface area (Å²) in [5.74, 6) is -0.198. The van der Waals surface area contributed by atoms with Gasteiger partial charge in [0.1, 0.15) is 5.75 Å². The van der Waals surface area contributed by atoms with Crippen LogP contribution < -0.4 is 4.74 Å². The summed E-state index contributed by atoms with van der Waals surface area (Å²) in [5, 5.41) is 0. The third-order valence-electron chi connectivity index (χ3n) is 3.05. The molecule has 0 saturated carbocycles. The maximum atomic E-state index is 12.0. The monoisotopic (exact) mass is 260 g/mol. The van der Waals surface area contributed by atoms with Crippen molar-refractivity contribution in [2.24, 2.45) is 0 Å². The summed E-state index contributed by atoms with van der Waals surface area (Å²) in [6.07, 6.45) is -1.50. The molecule has 0 spiro atoms. The van der Waals surface area contributed by atoms with Crippen LogP contribution in [0.25, 0.3) is 0 Å². The fourth-order valence-electron chi connectivity index (χ4n) is 2.14. The Balaban J connectivity index is 2.00. The second-order valence-electron chi connectivity index (χ2n) is 4.35. The summed E-state index contributed by atoms with van der Waals surface area (Å²) in [6, 6.07) is 5.91. The van der Waals surface area contributed by atoms with E-state index >= 15 is 0 Å². The molecule has 0 N–H and O–H groups in total. The van der Waals surface area contributed by atoms with E-state index in [2.05, 4.69) is 11.7 Å². The van der Waals surface area contributed by atoms with E-state index < -0.39 is 6.36 Å². The molecule has 1 aromatic carbocycles. The van der Waals surface area contributed by atoms with Gasteiger partial charge in [0.05, 0.1) is 12.2 Å². The first kappa shape index (κ1) is 13.2. The summed E-state index contributed by atoms with van der Waals surface area (Å²) in [6.45, 7) is 2.06. The molecule has 18 heavy (non-hydrogen) atoms. The van der Waals surface area contributed by atoms with Crippen molar-refractivity contribution >= 4 is 0 Å². The first-order valence-electron chi connectivity index (χ1n) is 5.99. The van der Waals surface area contributed by atoms with Crippen LogP contribution >= 0.6 is 0 Å². The van der Waals surface area contributed by atoms with E-state index in [1.165, 1.54) is 12.1 Å². The molecule has 1 aliphatic heterocycles. The number of halogens is 3. The van der Waals surface area contributed by atoms with Gasteiger partial charge in [-0.1, -0.05) is 19.1 Å². The minimum atomic E-state index is -4.64. The van der Waals surface area contributed by atoms with E-state index in [9.17, 15) is 13.2 Å². The van der Waals surface area contributed by atoms with Gasteiger partial charge in [0.2, 0.25) is 0 Å². The highest BCUT2D eigenvalue weighted by Gasteiger charge is 2.31. The van der Waals surface area contributed by atoms with Crippen LogP contribution in [0, 0.1) is 0 Å². The standard InChI is InChI=1S/C13H15F3O2/c1-2-10-7-8-12(17-10)9-3-5-11(6-4-9)18-13(14,15)16/h3-6,10,12H,2,7-8H2,1H3/t10-,12-/m1/s1. The summed E-state index contributed by atoms with van der Waals surface area (Å²) < 4.78 is 45.6. The molecule has 5 heteroatoms. The Kier molecular flexibility index (Phi) is 3.80. The topological polar surface area (TPSA) is 18.5 Å². The molecule has 1 aliphatic rings. The van der Waals surface area contributed by atoms with E-state index in [4.69, 9.17) is 4.74 Å². The number of rotatable bonds is 3. The Bertz CT molecular complexity index is 386. The molecule has 1 heterocycles. The number of alkyl halides is 3. The lowest BCUT2D eigenvalue weighted by atomic mass is 10.1. The number of benzene rings is 1. The minimum absolute atomic E-state index is 0.00473. The Labute approximate surface area is 104 Å². The molecule has 100 valence electrons. The van der Waals surface area contributed by atoms with Crippen molar-refractivity contribution in [3.8, 4) is 5.75 Å². The van der Waals surface area contributed by atoms with Crippen molar-refractivity contribution in [1.29, 1.82) is 0 Å². The molecular weight excluding hydrogens is 245 g/mol. The SMILES string of the molecule is CC[C@@H]1CC[C@H](c2ccc(OC(F)(F)F)cc2)O1. The van der Waals surface area contributed by atoms with E-state index in [1.54, 1.807) is 12.1 Å². The van der Waals surface area contributed by atoms with Gasteiger partial charge in [0.15, 0.2) is 0 Å². The lowest BCUT2D eigenvalue weighted by molar-refractivity contribution is -0.274. The Morgan fingerprint density at radius 1 is 1.22 bits per heavy atom. The lowest BCUT2D eigenvalue weighted by Crippen LogP contribution is -2.17. The Morgan fingerprint density at radius 3 is 2.39 bits per heavy atom. The van der Waals surface area contributed by atoms with Crippen LogP contribution in [0.4, 0.5) is 13.2 Å². The van der Waals surface area contributed by atoms with Crippen molar-refractivity contribution in [2.45, 2.75) is 44.8 Å². The van der Waals surface area contributed by atoms with E-state index in [0.29, 0.717) is 0 Å². The molecule has 0 bridgehead atoms. The van der Waals surface area contributed by atoms with E-state index in [1.807, 2.05) is 0 Å². The lowest BCUT2D eigenvalue weighted by Gasteiger charge is -2.14. The third-order valence-corrected chi connectivity index (χ3v) is 3.05. The Morgan fingerprint density at radius 2 is 1.89 bits per heavy atom. The minimum Gasteiger partial charge on any atom is -0.406 e. The molecule has 1 fully saturated rings. The molecular formula is C13H15F3O2. The highest BCUT2D eigenvalue weighted by molar-refractivity contribution is 5.29. The van der Waals surface area contributed by atoms with Crippen molar-refractivity contribution in [2.75, 3.05) is 0 Å². The van der Waals surface area contributed by atoms with Crippen LogP contribution in [0.2, 0.25) is 0 Å². The molecule has 0 radical (unpaired) electrons. The van der Waals surface area contributed by atoms with Crippen LogP contribution in [0.5, 0.6) is 5.75 Å². The Hall–Kier alpha value is -1.23. The number of hydrogen-bond donors (Lipinski definition) is 0. The first-order chi connectivity index (χ1) is 8.48. The summed E-state index contributed by atoms with van der Waals surface area (Å²) in [7, 11) is 0. The van der Waals surface area contributed by atoms with Crippen LogP contribution in [-0.2, 0) is 4.74 Å². The quantitative estimate of drug-likeness (QED) is 0.810. The van der Waals surface area contributed by atoms with Gasteiger partial charge in [-0.15, -0.1) is 13.2 Å². The average Bonchev–Trinajstić information content (AvgIpc) is 2.76. The number of ether oxygens (including phenoxy) is 2. The molecule has 0 amide bonds. The fraction of sp³-hybridized carbons (Fsp3) is 0.538. The van der Waals surface area contributed by atoms with Gasteiger partial charge in [0, 0.05) is 0 Å². The summed E-state index contributed by atoms with van der Waals surface area (Å²) in [4.78, 5) is 0. The van der Waals surface area contributed by atoms with Crippen LogP contribution in [-0.4, -0.2) is 12.5 Å². The maximum Gasteiger partial charge on any atom is 0.573 e. The molecule has 0 unspecified atom stereocenters. The van der Waals surface area contributed by atoms with Gasteiger partial charge in [-0.3, -0.25) is 0 Å². The van der Waals surface area contributed by atoms with Crippen molar-refractivity contribution < 1.29 is 22.6 Å². The molecule has 2 atom stereocenters. The molecule has 0 aliphatic carbocycles. The highest BCUT2D eigenvalue weighted by atomic mass is 19.4. The summed E-state index contributed by atoms with van der Waals surface area (Å²) >= 11 is 0.